The first kappa shape index (κ1) is 14.7. The zero-order chi connectivity index (χ0) is 15.1. The van der Waals surface area contributed by atoms with Gasteiger partial charge in [-0.25, -0.2) is 0 Å². The van der Waals surface area contributed by atoms with Gasteiger partial charge in [0.05, 0.1) is 0 Å². The Balaban J connectivity index is 1.77. The molecule has 116 valence electrons. The van der Waals surface area contributed by atoms with Crippen LogP contribution in [0.2, 0.25) is 0 Å². The first-order valence-corrected chi connectivity index (χ1v) is 7.87. The predicted molar refractivity (Wildman–Crippen MR) is 75.8 cm³/mol. The molecule has 2 N–H and O–H groups in total. The molecular weight excluding hydrogens is 298 g/mol. The number of likely N-dealkylation sites (tertiary alicyclic amines) is 1. The lowest BCUT2D eigenvalue weighted by Crippen LogP contribution is -2.33. The molecule has 1 saturated carbocycles. The Bertz CT molecular complexity index is 549. The van der Waals surface area contributed by atoms with Crippen molar-refractivity contribution >= 4 is 17.2 Å². The topological polar surface area (TPSA) is 55.6 Å². The second kappa shape index (κ2) is 5.53. The van der Waals surface area contributed by atoms with Crippen LogP contribution in [0.4, 0.5) is 8.78 Å². The normalized spacial score (nSPS) is 28.2. The van der Waals surface area contributed by atoms with Gasteiger partial charge in [-0.1, -0.05) is 0 Å². The van der Waals surface area contributed by atoms with Crippen LogP contribution in [0.25, 0.3) is 0 Å². The molecule has 1 aromatic heterocycles. The molecule has 0 aromatic carbocycles. The van der Waals surface area contributed by atoms with Crippen molar-refractivity contribution in [3.8, 4) is 5.75 Å². The third-order valence-electron chi connectivity index (χ3n) is 4.43. The van der Waals surface area contributed by atoms with E-state index in [1.165, 1.54) is 17.4 Å². The number of hydrogen-bond donors (Lipinski definition) is 1. The number of halogens is 2. The van der Waals surface area contributed by atoms with E-state index in [0.29, 0.717) is 24.9 Å². The Morgan fingerprint density at radius 3 is 2.90 bits per heavy atom. The number of fused-ring (bicyclic) bond motifs is 1. The number of amides is 1. The number of thiophene rings is 1. The molecule has 1 saturated heterocycles. The molecule has 3 unspecified atom stereocenters. The minimum Gasteiger partial charge on any atom is -0.433 e. The van der Waals surface area contributed by atoms with E-state index in [2.05, 4.69) is 4.74 Å². The highest BCUT2D eigenvalue weighted by atomic mass is 32.1. The molecule has 0 spiro atoms. The van der Waals surface area contributed by atoms with E-state index in [4.69, 9.17) is 5.73 Å². The van der Waals surface area contributed by atoms with Crippen LogP contribution in [0.3, 0.4) is 0 Å². The van der Waals surface area contributed by atoms with Crippen molar-refractivity contribution in [2.45, 2.75) is 32.4 Å². The zero-order valence-corrected chi connectivity index (χ0v) is 12.5. The van der Waals surface area contributed by atoms with Crippen LogP contribution in [0.15, 0.2) is 6.07 Å². The van der Waals surface area contributed by atoms with Gasteiger partial charge in [0.2, 0.25) is 0 Å². The quantitative estimate of drug-likeness (QED) is 0.932. The minimum atomic E-state index is -2.92. The highest BCUT2D eigenvalue weighted by molar-refractivity contribution is 7.14. The third kappa shape index (κ3) is 2.76. The van der Waals surface area contributed by atoms with Gasteiger partial charge >= 0.3 is 6.61 Å². The molecule has 1 aliphatic carbocycles. The van der Waals surface area contributed by atoms with Crippen molar-refractivity contribution in [2.75, 3.05) is 13.1 Å². The maximum Gasteiger partial charge on any atom is 0.387 e. The van der Waals surface area contributed by atoms with E-state index >= 15 is 0 Å². The summed E-state index contributed by atoms with van der Waals surface area (Å²) in [7, 11) is 0. The lowest BCUT2D eigenvalue weighted by Gasteiger charge is -2.18. The molecule has 4 nitrogen and oxygen atoms in total. The van der Waals surface area contributed by atoms with E-state index < -0.39 is 6.61 Å². The fourth-order valence-electron chi connectivity index (χ4n) is 3.44. The Kier molecular flexibility index (Phi) is 3.88. The van der Waals surface area contributed by atoms with Crippen LogP contribution < -0.4 is 10.5 Å². The van der Waals surface area contributed by atoms with E-state index in [9.17, 15) is 13.6 Å². The molecule has 0 radical (unpaired) electrons. The largest absolute Gasteiger partial charge is 0.433 e. The molecule has 2 aliphatic rings. The second-order valence-corrected chi connectivity index (χ2v) is 7.06. The number of ether oxygens (including phenoxy) is 1. The number of carbonyl (C=O) groups excluding carboxylic acids is 1. The van der Waals surface area contributed by atoms with Crippen molar-refractivity contribution in [1.82, 2.24) is 4.90 Å². The van der Waals surface area contributed by atoms with Crippen molar-refractivity contribution in [3.63, 3.8) is 0 Å². The van der Waals surface area contributed by atoms with Gasteiger partial charge in [-0.2, -0.15) is 8.78 Å². The Morgan fingerprint density at radius 2 is 2.24 bits per heavy atom. The summed E-state index contributed by atoms with van der Waals surface area (Å²) >= 11 is 1.20. The van der Waals surface area contributed by atoms with Crippen LogP contribution >= 0.6 is 11.3 Å². The van der Waals surface area contributed by atoms with Crippen molar-refractivity contribution in [1.29, 1.82) is 0 Å². The highest BCUT2D eigenvalue weighted by Gasteiger charge is 2.43. The van der Waals surface area contributed by atoms with Gasteiger partial charge in [0.1, 0.15) is 10.6 Å². The summed E-state index contributed by atoms with van der Waals surface area (Å²) in [4.78, 5) is 15.4. The molecule has 1 aliphatic heterocycles. The Labute approximate surface area is 125 Å². The molecule has 0 bridgehead atoms. The molecule has 21 heavy (non-hydrogen) atoms. The monoisotopic (exact) mass is 316 g/mol. The summed E-state index contributed by atoms with van der Waals surface area (Å²) in [5.74, 6) is 0.558. The zero-order valence-electron chi connectivity index (χ0n) is 11.7. The van der Waals surface area contributed by atoms with E-state index in [-0.39, 0.29) is 22.6 Å². The smallest absolute Gasteiger partial charge is 0.387 e. The summed E-state index contributed by atoms with van der Waals surface area (Å²) in [6, 6.07) is 1.64. The van der Waals surface area contributed by atoms with Crippen molar-refractivity contribution in [2.24, 2.45) is 17.6 Å². The Hall–Kier alpha value is -1.21. The number of hydrogen-bond acceptors (Lipinski definition) is 4. The van der Waals surface area contributed by atoms with Crippen LogP contribution in [-0.4, -0.2) is 36.5 Å². The fourth-order valence-corrected chi connectivity index (χ4v) is 4.35. The van der Waals surface area contributed by atoms with Crippen molar-refractivity contribution in [3.05, 3.63) is 15.8 Å². The average molecular weight is 316 g/mol. The third-order valence-corrected chi connectivity index (χ3v) is 5.45. The number of nitrogens with two attached hydrogens (primary N) is 1. The van der Waals surface area contributed by atoms with E-state index in [1.807, 2.05) is 0 Å². The summed E-state index contributed by atoms with van der Waals surface area (Å²) in [6.45, 7) is 0.142. The van der Waals surface area contributed by atoms with Crippen LogP contribution in [-0.2, 0) is 0 Å². The molecule has 2 fully saturated rings. The number of carbonyl (C=O) groups is 1. The van der Waals surface area contributed by atoms with Gasteiger partial charge < -0.3 is 15.4 Å². The lowest BCUT2D eigenvalue weighted by atomic mass is 9.98. The predicted octanol–water partition coefficient (Wildman–Crippen LogP) is 2.47. The molecule has 7 heteroatoms. The number of rotatable bonds is 3. The average Bonchev–Trinajstić information content (AvgIpc) is 3.05. The standard InChI is InChI=1S/C14H18F2N2O2S/c1-7-4-11(20-14(15)16)12(21-7)13(19)18-5-8-2-3-10(17)9(8)6-18/h4,8-10,14H,2-3,5-6,17H2,1H3. The van der Waals surface area contributed by atoms with Crippen LogP contribution in [0.5, 0.6) is 5.75 Å². The van der Waals surface area contributed by atoms with Gasteiger partial charge in [0.15, 0.2) is 0 Å². The molecule has 1 amide bonds. The SMILES string of the molecule is Cc1cc(OC(F)F)c(C(=O)N2CC3CCC(N)C3C2)s1. The number of aryl methyl sites for hydroxylation is 1. The van der Waals surface area contributed by atoms with Gasteiger partial charge in [-0.05, 0) is 37.7 Å². The van der Waals surface area contributed by atoms with Gasteiger partial charge in [0, 0.05) is 24.0 Å². The van der Waals surface area contributed by atoms with Crippen LogP contribution in [0.1, 0.15) is 27.4 Å². The number of nitrogens with zero attached hydrogens (tertiary/aromatic N) is 1. The second-order valence-electron chi connectivity index (χ2n) is 5.80. The highest BCUT2D eigenvalue weighted by Crippen LogP contribution is 2.39. The van der Waals surface area contributed by atoms with E-state index in [0.717, 1.165) is 17.7 Å². The summed E-state index contributed by atoms with van der Waals surface area (Å²) in [5.41, 5.74) is 6.06. The first-order valence-electron chi connectivity index (χ1n) is 7.06. The van der Waals surface area contributed by atoms with Crippen LogP contribution in [0, 0.1) is 18.8 Å². The summed E-state index contributed by atoms with van der Waals surface area (Å²) in [6.07, 6.45) is 2.05. The van der Waals surface area contributed by atoms with Gasteiger partial charge in [-0.15, -0.1) is 11.3 Å². The molecule has 2 heterocycles. The first-order chi connectivity index (χ1) is 9.95. The van der Waals surface area contributed by atoms with Crippen molar-refractivity contribution < 1.29 is 18.3 Å². The van der Waals surface area contributed by atoms with Gasteiger partial charge in [-0.3, -0.25) is 4.79 Å². The molecule has 3 rings (SSSR count). The van der Waals surface area contributed by atoms with Gasteiger partial charge in [0.25, 0.3) is 5.91 Å². The molecule has 1 aromatic rings. The fraction of sp³-hybridized carbons (Fsp3) is 0.643. The summed E-state index contributed by atoms with van der Waals surface area (Å²) < 4.78 is 29.3. The lowest BCUT2D eigenvalue weighted by molar-refractivity contribution is -0.0499. The maximum atomic E-state index is 12.6. The maximum absolute atomic E-state index is 12.6. The summed E-state index contributed by atoms with van der Waals surface area (Å²) in [5, 5.41) is 0. The minimum absolute atomic E-state index is 0.0149. The molecular formula is C14H18F2N2O2S. The number of alkyl halides is 2. The Morgan fingerprint density at radius 1 is 1.48 bits per heavy atom. The molecule has 3 atom stereocenters. The van der Waals surface area contributed by atoms with E-state index in [1.54, 1.807) is 11.8 Å².